The van der Waals surface area contributed by atoms with Gasteiger partial charge in [-0.2, -0.15) is 0 Å². The van der Waals surface area contributed by atoms with E-state index in [-0.39, 0.29) is 12.1 Å². The van der Waals surface area contributed by atoms with Gasteiger partial charge in [0.15, 0.2) is 0 Å². The molecule has 1 unspecified atom stereocenters. The minimum Gasteiger partial charge on any atom is -0.449 e. The van der Waals surface area contributed by atoms with Gasteiger partial charge in [0.1, 0.15) is 0 Å². The van der Waals surface area contributed by atoms with Gasteiger partial charge in [0.05, 0.1) is 12.6 Å². The molecule has 1 aromatic rings. The number of carbonyl (C=O) groups is 1. The second-order valence-electron chi connectivity index (χ2n) is 3.91. The van der Waals surface area contributed by atoms with Crippen molar-refractivity contribution in [2.24, 2.45) is 5.73 Å². The van der Waals surface area contributed by atoms with Crippen molar-refractivity contribution in [2.45, 2.75) is 19.0 Å². The van der Waals surface area contributed by atoms with E-state index in [1.807, 2.05) is 30.3 Å². The fraction of sp³-hybridized carbons (Fsp3) is 0.417. The van der Waals surface area contributed by atoms with Gasteiger partial charge in [-0.15, -0.1) is 0 Å². The van der Waals surface area contributed by atoms with Crippen LogP contribution in [-0.4, -0.2) is 30.2 Å². The summed E-state index contributed by atoms with van der Waals surface area (Å²) < 4.78 is 5.03. The Kier molecular flexibility index (Phi) is 3.41. The van der Waals surface area contributed by atoms with Crippen molar-refractivity contribution in [3.05, 3.63) is 35.9 Å². The number of hydrogen-bond donors (Lipinski definition) is 1. The molecule has 1 fully saturated rings. The first-order valence-electron chi connectivity index (χ1n) is 5.48. The standard InChI is InChI=1S/C12H16N2O2/c13-8-11-6-7-16-12(15)14(11)9-10-4-2-1-3-5-10/h1-5,11H,6-9,13H2. The van der Waals surface area contributed by atoms with Crippen LogP contribution in [-0.2, 0) is 11.3 Å². The third-order valence-electron chi connectivity index (χ3n) is 2.82. The zero-order valence-corrected chi connectivity index (χ0v) is 9.13. The van der Waals surface area contributed by atoms with E-state index in [0.717, 1.165) is 12.0 Å². The lowest BCUT2D eigenvalue weighted by Gasteiger charge is -2.34. The molecule has 0 radical (unpaired) electrons. The van der Waals surface area contributed by atoms with Crippen molar-refractivity contribution in [3.8, 4) is 0 Å². The van der Waals surface area contributed by atoms with Crippen molar-refractivity contribution < 1.29 is 9.53 Å². The molecule has 1 saturated heterocycles. The van der Waals surface area contributed by atoms with E-state index < -0.39 is 0 Å². The second kappa shape index (κ2) is 4.99. The molecule has 1 heterocycles. The van der Waals surface area contributed by atoms with E-state index >= 15 is 0 Å². The monoisotopic (exact) mass is 220 g/mol. The number of nitrogens with two attached hydrogens (primary N) is 1. The Morgan fingerprint density at radius 3 is 2.81 bits per heavy atom. The van der Waals surface area contributed by atoms with Crippen molar-refractivity contribution in [3.63, 3.8) is 0 Å². The van der Waals surface area contributed by atoms with E-state index in [2.05, 4.69) is 0 Å². The van der Waals surface area contributed by atoms with Crippen LogP contribution >= 0.6 is 0 Å². The van der Waals surface area contributed by atoms with Crippen LogP contribution in [0.15, 0.2) is 30.3 Å². The summed E-state index contributed by atoms with van der Waals surface area (Å²) in [5.41, 5.74) is 6.76. The number of carbonyl (C=O) groups excluding carboxylic acids is 1. The highest BCUT2D eigenvalue weighted by molar-refractivity contribution is 5.68. The minimum atomic E-state index is -0.259. The van der Waals surface area contributed by atoms with Gasteiger partial charge in [0, 0.05) is 19.5 Å². The lowest BCUT2D eigenvalue weighted by atomic mass is 10.1. The van der Waals surface area contributed by atoms with Crippen molar-refractivity contribution >= 4 is 6.09 Å². The van der Waals surface area contributed by atoms with Gasteiger partial charge in [-0.1, -0.05) is 30.3 Å². The molecule has 1 aliphatic heterocycles. The van der Waals surface area contributed by atoms with Crippen molar-refractivity contribution in [2.75, 3.05) is 13.2 Å². The van der Waals surface area contributed by atoms with Gasteiger partial charge in [-0.3, -0.25) is 4.90 Å². The maximum Gasteiger partial charge on any atom is 0.410 e. The minimum absolute atomic E-state index is 0.0986. The van der Waals surface area contributed by atoms with Gasteiger partial charge in [0.25, 0.3) is 0 Å². The van der Waals surface area contributed by atoms with Crippen molar-refractivity contribution in [1.29, 1.82) is 0 Å². The van der Waals surface area contributed by atoms with Crippen LogP contribution < -0.4 is 5.73 Å². The molecule has 0 spiro atoms. The molecule has 2 rings (SSSR count). The largest absolute Gasteiger partial charge is 0.449 e. The highest BCUT2D eigenvalue weighted by Gasteiger charge is 2.28. The molecule has 86 valence electrons. The SMILES string of the molecule is NCC1CCOC(=O)N1Cc1ccccc1. The number of rotatable bonds is 3. The lowest BCUT2D eigenvalue weighted by Crippen LogP contribution is -2.48. The molecule has 0 aromatic heterocycles. The quantitative estimate of drug-likeness (QED) is 0.836. The molecular formula is C12H16N2O2. The van der Waals surface area contributed by atoms with Crippen LogP contribution in [0.1, 0.15) is 12.0 Å². The molecule has 1 aromatic carbocycles. The van der Waals surface area contributed by atoms with Gasteiger partial charge >= 0.3 is 6.09 Å². The molecule has 0 aliphatic carbocycles. The molecule has 1 atom stereocenters. The maximum absolute atomic E-state index is 11.6. The van der Waals surface area contributed by atoms with E-state index in [0.29, 0.717) is 19.7 Å². The molecule has 4 heteroatoms. The van der Waals surface area contributed by atoms with E-state index in [1.54, 1.807) is 4.90 Å². The molecular weight excluding hydrogens is 204 g/mol. The van der Waals surface area contributed by atoms with Crippen LogP contribution in [0.3, 0.4) is 0 Å². The van der Waals surface area contributed by atoms with Gasteiger partial charge in [0.2, 0.25) is 0 Å². The summed E-state index contributed by atoms with van der Waals surface area (Å²) in [4.78, 5) is 13.3. The third kappa shape index (κ3) is 2.33. The fourth-order valence-electron chi connectivity index (χ4n) is 1.89. The molecule has 1 amide bonds. The topological polar surface area (TPSA) is 55.6 Å². The predicted octanol–water partition coefficient (Wildman–Crippen LogP) is 1.36. The molecule has 16 heavy (non-hydrogen) atoms. The zero-order chi connectivity index (χ0) is 11.4. The summed E-state index contributed by atoms with van der Waals surface area (Å²) in [6.07, 6.45) is 0.556. The van der Waals surface area contributed by atoms with Gasteiger partial charge < -0.3 is 10.5 Å². The fourth-order valence-corrected chi connectivity index (χ4v) is 1.89. The van der Waals surface area contributed by atoms with Crippen LogP contribution in [0, 0.1) is 0 Å². The van der Waals surface area contributed by atoms with Crippen LogP contribution in [0.5, 0.6) is 0 Å². The highest BCUT2D eigenvalue weighted by Crippen LogP contribution is 2.16. The molecule has 0 bridgehead atoms. The molecule has 1 aliphatic rings. The summed E-state index contributed by atoms with van der Waals surface area (Å²) >= 11 is 0. The van der Waals surface area contributed by atoms with Gasteiger partial charge in [-0.25, -0.2) is 4.79 Å². The number of nitrogens with zero attached hydrogens (tertiary/aromatic N) is 1. The number of amides is 1. The average molecular weight is 220 g/mol. The summed E-state index contributed by atoms with van der Waals surface area (Å²) in [5, 5.41) is 0. The van der Waals surface area contributed by atoms with Gasteiger partial charge in [-0.05, 0) is 5.56 Å². The number of benzene rings is 1. The second-order valence-corrected chi connectivity index (χ2v) is 3.91. The first kappa shape index (κ1) is 11.0. The Labute approximate surface area is 95.0 Å². The summed E-state index contributed by atoms with van der Waals surface area (Å²) in [6.45, 7) is 1.54. The molecule has 4 nitrogen and oxygen atoms in total. The maximum atomic E-state index is 11.6. The van der Waals surface area contributed by atoms with Crippen molar-refractivity contribution in [1.82, 2.24) is 4.90 Å². The molecule has 0 saturated carbocycles. The van der Waals surface area contributed by atoms with Crippen LogP contribution in [0.2, 0.25) is 0 Å². The zero-order valence-electron chi connectivity index (χ0n) is 9.13. The molecule has 2 N–H and O–H groups in total. The lowest BCUT2D eigenvalue weighted by molar-refractivity contribution is 0.0429. The normalized spacial score (nSPS) is 20.7. The number of ether oxygens (including phenoxy) is 1. The predicted molar refractivity (Wildman–Crippen MR) is 60.8 cm³/mol. The highest BCUT2D eigenvalue weighted by atomic mass is 16.6. The van der Waals surface area contributed by atoms with Crippen LogP contribution in [0.4, 0.5) is 4.79 Å². The average Bonchev–Trinajstić information content (AvgIpc) is 2.33. The third-order valence-corrected chi connectivity index (χ3v) is 2.82. The number of hydrogen-bond acceptors (Lipinski definition) is 3. The Morgan fingerprint density at radius 2 is 2.12 bits per heavy atom. The first-order chi connectivity index (χ1) is 7.81. The smallest absolute Gasteiger partial charge is 0.410 e. The van der Waals surface area contributed by atoms with Crippen LogP contribution in [0.25, 0.3) is 0 Å². The van der Waals surface area contributed by atoms with E-state index in [4.69, 9.17) is 10.5 Å². The van der Waals surface area contributed by atoms with E-state index in [9.17, 15) is 4.79 Å². The van der Waals surface area contributed by atoms with E-state index in [1.165, 1.54) is 0 Å². The Balaban J connectivity index is 2.08. The first-order valence-corrected chi connectivity index (χ1v) is 5.48. The Bertz CT molecular complexity index is 353. The number of cyclic esters (lactones) is 1. The summed E-state index contributed by atoms with van der Waals surface area (Å²) in [7, 11) is 0. The Hall–Kier alpha value is -1.55. The summed E-state index contributed by atoms with van der Waals surface area (Å²) in [6, 6.07) is 9.97. The summed E-state index contributed by atoms with van der Waals surface area (Å²) in [5.74, 6) is 0. The Morgan fingerprint density at radius 1 is 1.38 bits per heavy atom.